The molecule has 4 aromatic carbocycles. The van der Waals surface area contributed by atoms with E-state index in [1.54, 1.807) is 0 Å². The lowest BCUT2D eigenvalue weighted by Gasteiger charge is -2.32. The van der Waals surface area contributed by atoms with Crippen molar-refractivity contribution in [3.05, 3.63) is 84.6 Å². The Balaban J connectivity index is 1.52. The first-order chi connectivity index (χ1) is 16.8. The highest BCUT2D eigenvalue weighted by molar-refractivity contribution is 6.62. The highest BCUT2D eigenvalue weighted by Crippen LogP contribution is 2.39. The molecule has 0 radical (unpaired) electrons. The fourth-order valence-corrected chi connectivity index (χ4v) is 5.23. The number of fused-ring (bicyclic) bond motifs is 6. The highest BCUT2D eigenvalue weighted by Gasteiger charge is 2.51. The molecule has 0 saturated carbocycles. The van der Waals surface area contributed by atoms with Crippen molar-refractivity contribution in [2.45, 2.75) is 52.2 Å². The monoisotopic (exact) mass is 459 g/mol. The van der Waals surface area contributed by atoms with Crippen LogP contribution in [0, 0.1) is 0 Å². The fraction of sp³-hybridized carbons (Fsp3) is 0.258. The molecule has 1 aliphatic heterocycles. The van der Waals surface area contributed by atoms with E-state index in [0.29, 0.717) is 0 Å². The van der Waals surface area contributed by atoms with Crippen LogP contribution >= 0.6 is 0 Å². The summed E-state index contributed by atoms with van der Waals surface area (Å²) < 4.78 is 12.6. The lowest BCUT2D eigenvalue weighted by atomic mass is 9.78. The zero-order valence-corrected chi connectivity index (χ0v) is 21.1. The lowest BCUT2D eigenvalue weighted by molar-refractivity contribution is 0.00578. The Morgan fingerprint density at radius 2 is 1.43 bits per heavy atom. The Labute approximate surface area is 207 Å². The van der Waals surface area contributed by atoms with Crippen LogP contribution in [0.2, 0.25) is 0 Å². The predicted octanol–water partition coefficient (Wildman–Crippen LogP) is 7.07. The van der Waals surface area contributed by atoms with E-state index in [2.05, 4.69) is 107 Å². The van der Waals surface area contributed by atoms with Crippen molar-refractivity contribution in [2.75, 3.05) is 0 Å². The van der Waals surface area contributed by atoms with E-state index in [0.717, 1.165) is 23.0 Å². The van der Waals surface area contributed by atoms with Gasteiger partial charge >= 0.3 is 7.12 Å². The zero-order valence-electron chi connectivity index (χ0n) is 21.1. The van der Waals surface area contributed by atoms with Crippen LogP contribution in [0.1, 0.15) is 40.2 Å². The first kappa shape index (κ1) is 22.3. The Kier molecular flexibility index (Phi) is 5.03. The van der Waals surface area contributed by atoms with Crippen LogP contribution in [0.25, 0.3) is 43.6 Å². The summed E-state index contributed by atoms with van der Waals surface area (Å²) >= 11 is 0. The second-order valence-electron chi connectivity index (χ2n) is 10.6. The number of aryl methyl sites for hydroxylation is 1. The van der Waals surface area contributed by atoms with Gasteiger partial charge in [0.15, 0.2) is 0 Å². The Morgan fingerprint density at radius 3 is 2.17 bits per heavy atom. The van der Waals surface area contributed by atoms with Gasteiger partial charge in [0.1, 0.15) is 0 Å². The molecule has 0 spiro atoms. The molecule has 0 aliphatic carbocycles. The van der Waals surface area contributed by atoms with Gasteiger partial charge in [0.05, 0.1) is 16.7 Å². The van der Waals surface area contributed by atoms with Crippen LogP contribution in [0.4, 0.5) is 0 Å². The molecule has 2 heterocycles. The van der Waals surface area contributed by atoms with Gasteiger partial charge in [0.25, 0.3) is 0 Å². The molecule has 0 N–H and O–H groups in total. The normalized spacial score (nSPS) is 17.0. The third-order valence-corrected chi connectivity index (χ3v) is 7.92. The summed E-state index contributed by atoms with van der Waals surface area (Å²) in [7, 11) is -0.373. The van der Waals surface area contributed by atoms with Crippen LogP contribution in [-0.4, -0.2) is 23.3 Å². The number of hydrogen-bond donors (Lipinski definition) is 0. The van der Waals surface area contributed by atoms with Gasteiger partial charge in [-0.05, 0) is 84.6 Å². The van der Waals surface area contributed by atoms with Gasteiger partial charge < -0.3 is 9.31 Å². The minimum absolute atomic E-state index is 0.360. The van der Waals surface area contributed by atoms with E-state index in [1.807, 2.05) is 6.20 Å². The molecule has 35 heavy (non-hydrogen) atoms. The van der Waals surface area contributed by atoms with Gasteiger partial charge in [-0.25, -0.2) is 0 Å². The number of nitrogens with zero attached hydrogens (tertiary/aromatic N) is 1. The van der Waals surface area contributed by atoms with E-state index >= 15 is 0 Å². The Morgan fingerprint density at radius 1 is 0.714 bits per heavy atom. The minimum atomic E-state index is -0.373. The van der Waals surface area contributed by atoms with Gasteiger partial charge in [-0.3, -0.25) is 4.98 Å². The smallest absolute Gasteiger partial charge is 0.399 e. The third kappa shape index (κ3) is 3.47. The molecule has 5 aromatic rings. The van der Waals surface area contributed by atoms with Gasteiger partial charge in [-0.1, -0.05) is 67.6 Å². The maximum Gasteiger partial charge on any atom is 0.494 e. The average molecular weight is 459 g/mol. The lowest BCUT2D eigenvalue weighted by Crippen LogP contribution is -2.41. The molecule has 6 rings (SSSR count). The van der Waals surface area contributed by atoms with E-state index < -0.39 is 0 Å². The van der Waals surface area contributed by atoms with Crippen LogP contribution in [0.15, 0.2) is 79.0 Å². The molecule has 1 fully saturated rings. The second-order valence-corrected chi connectivity index (χ2v) is 10.6. The van der Waals surface area contributed by atoms with Gasteiger partial charge in [-0.15, -0.1) is 0 Å². The third-order valence-electron chi connectivity index (χ3n) is 7.92. The summed E-state index contributed by atoms with van der Waals surface area (Å²) in [5, 5.41) is 6.23. The van der Waals surface area contributed by atoms with Crippen molar-refractivity contribution in [3.63, 3.8) is 0 Å². The SMILES string of the molecule is CCc1ccnc2c3ccc(-c4cccc(B5OC(C)(C)C(C)(C)O5)c4)cc3c3ccccc3c12. The maximum atomic E-state index is 6.31. The zero-order chi connectivity index (χ0) is 24.4. The standard InChI is InChI=1S/C31H30BNO2/c1-6-20-16-17-33-29-26-15-14-22(19-27(26)24-12-7-8-13-25(24)28(20)29)21-10-9-11-23(18-21)32-34-30(2,3)31(4,5)35-32/h7-19H,6H2,1-5H3. The quantitative estimate of drug-likeness (QED) is 0.214. The Bertz CT molecular complexity index is 1560. The maximum absolute atomic E-state index is 6.31. The number of rotatable bonds is 3. The summed E-state index contributed by atoms with van der Waals surface area (Å²) in [5.41, 5.74) is 5.06. The molecule has 0 atom stereocenters. The largest absolute Gasteiger partial charge is 0.494 e. The number of aromatic nitrogens is 1. The summed E-state index contributed by atoms with van der Waals surface area (Å²) in [5.74, 6) is 0. The highest BCUT2D eigenvalue weighted by atomic mass is 16.7. The summed E-state index contributed by atoms with van der Waals surface area (Å²) in [6.07, 6.45) is 2.93. The molecular weight excluding hydrogens is 429 g/mol. The number of hydrogen-bond acceptors (Lipinski definition) is 3. The van der Waals surface area contributed by atoms with Gasteiger partial charge in [0, 0.05) is 17.0 Å². The van der Waals surface area contributed by atoms with Crippen LogP contribution < -0.4 is 5.46 Å². The summed E-state index contributed by atoms with van der Waals surface area (Å²) in [4.78, 5) is 4.83. The van der Waals surface area contributed by atoms with E-state index in [4.69, 9.17) is 14.3 Å². The van der Waals surface area contributed by atoms with E-state index in [1.165, 1.54) is 38.1 Å². The molecular formula is C31H30BNO2. The first-order valence-corrected chi connectivity index (χ1v) is 12.5. The molecule has 1 saturated heterocycles. The van der Waals surface area contributed by atoms with Crippen molar-refractivity contribution < 1.29 is 9.31 Å². The molecule has 0 amide bonds. The summed E-state index contributed by atoms with van der Waals surface area (Å²) in [6, 6.07) is 26.1. The predicted molar refractivity (Wildman–Crippen MR) is 147 cm³/mol. The van der Waals surface area contributed by atoms with Gasteiger partial charge in [0.2, 0.25) is 0 Å². The molecule has 3 nitrogen and oxygen atoms in total. The van der Waals surface area contributed by atoms with Crippen LogP contribution in [0.3, 0.4) is 0 Å². The van der Waals surface area contributed by atoms with E-state index in [9.17, 15) is 0 Å². The molecule has 1 aromatic heterocycles. The molecule has 174 valence electrons. The molecule has 0 bridgehead atoms. The van der Waals surface area contributed by atoms with Crippen molar-refractivity contribution >= 4 is 45.0 Å². The van der Waals surface area contributed by atoms with Crippen LogP contribution in [-0.2, 0) is 15.7 Å². The topological polar surface area (TPSA) is 31.4 Å². The summed E-state index contributed by atoms with van der Waals surface area (Å²) in [6.45, 7) is 10.6. The minimum Gasteiger partial charge on any atom is -0.399 e. The Hall–Kier alpha value is -3.21. The van der Waals surface area contributed by atoms with Crippen molar-refractivity contribution in [1.29, 1.82) is 0 Å². The molecule has 1 aliphatic rings. The van der Waals surface area contributed by atoms with E-state index in [-0.39, 0.29) is 18.3 Å². The van der Waals surface area contributed by atoms with Crippen molar-refractivity contribution in [2.24, 2.45) is 0 Å². The molecule has 4 heteroatoms. The van der Waals surface area contributed by atoms with Crippen LogP contribution in [0.5, 0.6) is 0 Å². The van der Waals surface area contributed by atoms with Gasteiger partial charge in [-0.2, -0.15) is 0 Å². The second kappa shape index (κ2) is 7.91. The van der Waals surface area contributed by atoms with Crippen molar-refractivity contribution in [3.8, 4) is 11.1 Å². The fourth-order valence-electron chi connectivity index (χ4n) is 5.23. The average Bonchev–Trinajstić information content (AvgIpc) is 3.10. The van der Waals surface area contributed by atoms with Crippen molar-refractivity contribution in [1.82, 2.24) is 4.98 Å². The first-order valence-electron chi connectivity index (χ1n) is 12.5. The number of benzene rings is 4. The number of pyridine rings is 1. The molecule has 0 unspecified atom stereocenters.